The van der Waals surface area contributed by atoms with Crippen LogP contribution in [0.4, 0.5) is 11.4 Å². The third kappa shape index (κ3) is 4.22. The van der Waals surface area contributed by atoms with Gasteiger partial charge in [-0.3, -0.25) is 14.4 Å². The van der Waals surface area contributed by atoms with Crippen LogP contribution in [0, 0.1) is 12.8 Å². The van der Waals surface area contributed by atoms with E-state index < -0.39 is 5.92 Å². The molecule has 0 bridgehead atoms. The summed E-state index contributed by atoms with van der Waals surface area (Å²) < 4.78 is 10.5. The summed E-state index contributed by atoms with van der Waals surface area (Å²) >= 11 is 0. The van der Waals surface area contributed by atoms with Gasteiger partial charge < -0.3 is 25.0 Å². The minimum Gasteiger partial charge on any atom is -0.493 e. The van der Waals surface area contributed by atoms with Gasteiger partial charge in [-0.15, -0.1) is 0 Å². The molecule has 2 N–H and O–H groups in total. The van der Waals surface area contributed by atoms with Gasteiger partial charge >= 0.3 is 0 Å². The number of nitrogens with one attached hydrogen (secondary N) is 2. The highest BCUT2D eigenvalue weighted by Crippen LogP contribution is 2.34. The van der Waals surface area contributed by atoms with Crippen molar-refractivity contribution in [3.63, 3.8) is 0 Å². The van der Waals surface area contributed by atoms with Crippen molar-refractivity contribution in [3.8, 4) is 11.5 Å². The monoisotopic (exact) mass is 411 g/mol. The van der Waals surface area contributed by atoms with Gasteiger partial charge in [0, 0.05) is 43.0 Å². The zero-order chi connectivity index (χ0) is 21.8. The molecule has 1 atom stereocenters. The lowest BCUT2D eigenvalue weighted by atomic mass is 10.1. The van der Waals surface area contributed by atoms with E-state index in [1.807, 2.05) is 6.92 Å². The zero-order valence-electron chi connectivity index (χ0n) is 17.4. The molecule has 1 saturated heterocycles. The maximum absolute atomic E-state index is 12.8. The number of methoxy groups -OCH3 is 2. The van der Waals surface area contributed by atoms with Gasteiger partial charge in [-0.25, -0.2) is 0 Å². The van der Waals surface area contributed by atoms with E-state index in [9.17, 15) is 14.4 Å². The van der Waals surface area contributed by atoms with Crippen LogP contribution in [0.3, 0.4) is 0 Å². The molecule has 1 fully saturated rings. The third-order valence-corrected chi connectivity index (χ3v) is 5.16. The van der Waals surface area contributed by atoms with Crippen LogP contribution in [-0.4, -0.2) is 45.5 Å². The Morgan fingerprint density at radius 3 is 2.47 bits per heavy atom. The molecule has 8 heteroatoms. The molecular weight excluding hydrogens is 386 g/mol. The number of ether oxygens (including phenoxy) is 2. The molecule has 0 spiro atoms. The Morgan fingerprint density at radius 1 is 1.07 bits per heavy atom. The molecule has 30 heavy (non-hydrogen) atoms. The first-order valence-corrected chi connectivity index (χ1v) is 9.54. The topological polar surface area (TPSA) is 97.0 Å². The van der Waals surface area contributed by atoms with Crippen molar-refractivity contribution in [3.05, 3.63) is 47.5 Å². The summed E-state index contributed by atoms with van der Waals surface area (Å²) in [5, 5.41) is 5.42. The maximum Gasteiger partial charge on any atom is 0.251 e. The van der Waals surface area contributed by atoms with Gasteiger partial charge in [0.1, 0.15) is 0 Å². The fourth-order valence-corrected chi connectivity index (χ4v) is 3.40. The van der Waals surface area contributed by atoms with E-state index in [-0.39, 0.29) is 30.7 Å². The summed E-state index contributed by atoms with van der Waals surface area (Å²) in [6.45, 7) is 2.10. The second-order valence-electron chi connectivity index (χ2n) is 7.04. The van der Waals surface area contributed by atoms with Crippen LogP contribution in [0.1, 0.15) is 22.3 Å². The van der Waals surface area contributed by atoms with Crippen molar-refractivity contribution >= 4 is 29.1 Å². The second-order valence-corrected chi connectivity index (χ2v) is 7.04. The third-order valence-electron chi connectivity index (χ3n) is 5.16. The van der Waals surface area contributed by atoms with Crippen LogP contribution < -0.4 is 25.0 Å². The predicted molar refractivity (Wildman–Crippen MR) is 113 cm³/mol. The average Bonchev–Trinajstić information content (AvgIpc) is 3.15. The normalized spacial score (nSPS) is 15.7. The van der Waals surface area contributed by atoms with Crippen LogP contribution >= 0.6 is 0 Å². The number of carbonyl (C=O) groups excluding carboxylic acids is 3. The minimum absolute atomic E-state index is 0.106. The fourth-order valence-electron chi connectivity index (χ4n) is 3.40. The van der Waals surface area contributed by atoms with Gasteiger partial charge in [0.2, 0.25) is 11.8 Å². The van der Waals surface area contributed by atoms with E-state index in [0.29, 0.717) is 28.4 Å². The first-order chi connectivity index (χ1) is 14.4. The molecule has 1 aliphatic heterocycles. The SMILES string of the molecule is CNC(=O)c1ccc(C)c(NC(=O)C2CC(=O)N(c3ccc(OC)c(OC)c3)C2)c1. The first kappa shape index (κ1) is 21.2. The van der Waals surface area contributed by atoms with Crippen molar-refractivity contribution < 1.29 is 23.9 Å². The Kier molecular flexibility index (Phi) is 6.25. The van der Waals surface area contributed by atoms with Crippen LogP contribution in [0.5, 0.6) is 11.5 Å². The van der Waals surface area contributed by atoms with Gasteiger partial charge in [-0.2, -0.15) is 0 Å². The van der Waals surface area contributed by atoms with E-state index in [2.05, 4.69) is 10.6 Å². The van der Waals surface area contributed by atoms with E-state index in [1.54, 1.807) is 55.5 Å². The largest absolute Gasteiger partial charge is 0.493 e. The summed E-state index contributed by atoms with van der Waals surface area (Å²) in [7, 11) is 4.62. The molecule has 0 radical (unpaired) electrons. The van der Waals surface area contributed by atoms with Crippen molar-refractivity contribution in [2.75, 3.05) is 38.0 Å². The number of benzene rings is 2. The van der Waals surface area contributed by atoms with Crippen molar-refractivity contribution in [1.29, 1.82) is 0 Å². The lowest BCUT2D eigenvalue weighted by Crippen LogP contribution is -2.28. The summed E-state index contributed by atoms with van der Waals surface area (Å²) in [5.41, 5.74) is 2.48. The first-order valence-electron chi connectivity index (χ1n) is 9.54. The second kappa shape index (κ2) is 8.86. The number of amides is 3. The van der Waals surface area contributed by atoms with E-state index in [1.165, 1.54) is 7.11 Å². The van der Waals surface area contributed by atoms with Gasteiger partial charge in [0.05, 0.1) is 20.1 Å². The lowest BCUT2D eigenvalue weighted by molar-refractivity contribution is -0.122. The lowest BCUT2D eigenvalue weighted by Gasteiger charge is -2.19. The molecule has 158 valence electrons. The highest BCUT2D eigenvalue weighted by Gasteiger charge is 2.35. The van der Waals surface area contributed by atoms with Gasteiger partial charge in [-0.05, 0) is 36.8 Å². The van der Waals surface area contributed by atoms with Crippen molar-refractivity contribution in [1.82, 2.24) is 5.32 Å². The maximum atomic E-state index is 12.8. The van der Waals surface area contributed by atoms with Crippen LogP contribution in [0.15, 0.2) is 36.4 Å². The number of hydrogen-bond donors (Lipinski definition) is 2. The fraction of sp³-hybridized carbons (Fsp3) is 0.318. The van der Waals surface area contributed by atoms with Gasteiger partial charge in [-0.1, -0.05) is 6.07 Å². The Hall–Kier alpha value is -3.55. The quantitative estimate of drug-likeness (QED) is 0.761. The molecule has 1 heterocycles. The Bertz CT molecular complexity index is 989. The number of hydrogen-bond acceptors (Lipinski definition) is 5. The molecule has 8 nitrogen and oxygen atoms in total. The van der Waals surface area contributed by atoms with Gasteiger partial charge in [0.15, 0.2) is 11.5 Å². The highest BCUT2D eigenvalue weighted by molar-refractivity contribution is 6.04. The highest BCUT2D eigenvalue weighted by atomic mass is 16.5. The predicted octanol–water partition coefficient (Wildman–Crippen LogP) is 2.36. The molecule has 0 saturated carbocycles. The molecule has 3 amide bonds. The minimum atomic E-state index is -0.506. The Morgan fingerprint density at radius 2 is 1.80 bits per heavy atom. The van der Waals surface area contributed by atoms with Crippen molar-refractivity contribution in [2.45, 2.75) is 13.3 Å². The standard InChI is InChI=1S/C22H25N3O5/c1-13-5-6-14(21(27)23-2)9-17(13)24-22(28)15-10-20(26)25(12-15)16-7-8-18(29-3)19(11-16)30-4/h5-9,11,15H,10,12H2,1-4H3,(H,23,27)(H,24,28). The van der Waals surface area contributed by atoms with Gasteiger partial charge in [0.25, 0.3) is 5.91 Å². The Balaban J connectivity index is 1.75. The number of rotatable bonds is 6. The molecule has 2 aromatic rings. The van der Waals surface area contributed by atoms with E-state index in [0.717, 1.165) is 5.56 Å². The molecule has 2 aromatic carbocycles. The molecule has 0 aliphatic carbocycles. The number of nitrogens with zero attached hydrogens (tertiary/aromatic N) is 1. The Labute approximate surface area is 175 Å². The van der Waals surface area contributed by atoms with E-state index >= 15 is 0 Å². The number of carbonyl (C=O) groups is 3. The molecule has 1 unspecified atom stereocenters. The van der Waals surface area contributed by atoms with Crippen molar-refractivity contribution in [2.24, 2.45) is 5.92 Å². The summed E-state index contributed by atoms with van der Waals surface area (Å²) in [6.07, 6.45) is 0.106. The summed E-state index contributed by atoms with van der Waals surface area (Å²) in [6, 6.07) is 10.3. The van der Waals surface area contributed by atoms with Crippen LogP contribution in [0.2, 0.25) is 0 Å². The molecular formula is C22H25N3O5. The van der Waals surface area contributed by atoms with Crippen LogP contribution in [-0.2, 0) is 9.59 Å². The number of anilines is 2. The number of aryl methyl sites for hydroxylation is 1. The summed E-state index contributed by atoms with van der Waals surface area (Å²) in [5.74, 6) is -0.0671. The van der Waals surface area contributed by atoms with E-state index in [4.69, 9.17) is 9.47 Å². The zero-order valence-corrected chi connectivity index (χ0v) is 17.4. The average molecular weight is 411 g/mol. The molecule has 1 aliphatic rings. The molecule has 3 rings (SSSR count). The smallest absolute Gasteiger partial charge is 0.251 e. The summed E-state index contributed by atoms with van der Waals surface area (Å²) in [4.78, 5) is 38.8. The molecule has 0 aromatic heterocycles. The van der Waals surface area contributed by atoms with Crippen LogP contribution in [0.25, 0.3) is 0 Å².